The van der Waals surface area contributed by atoms with E-state index in [1.807, 2.05) is 0 Å². The molecule has 0 aliphatic rings. The van der Waals surface area contributed by atoms with E-state index in [0.717, 1.165) is 0 Å². The Bertz CT molecular complexity index is 423. The molecule has 0 aromatic carbocycles. The van der Waals surface area contributed by atoms with E-state index in [1.165, 1.54) is 0 Å². The number of hydrogen-bond acceptors (Lipinski definition) is 4. The van der Waals surface area contributed by atoms with Crippen LogP contribution in [0.25, 0.3) is 0 Å². The Labute approximate surface area is 91.6 Å². The lowest BCUT2D eigenvalue weighted by Gasteiger charge is -2.14. The number of carbonyl (C=O) groups excluding carboxylic acids is 1. The molecule has 0 amide bonds. The van der Waals surface area contributed by atoms with Gasteiger partial charge in [0.25, 0.3) is 0 Å². The Kier molecular flexibility index (Phi) is 4.23. The summed E-state index contributed by atoms with van der Waals surface area (Å²) in [5, 5.41) is -4.89. The fraction of sp³-hybridized carbons (Fsp3) is 0.500. The van der Waals surface area contributed by atoms with Crippen molar-refractivity contribution >= 4 is 16.1 Å². The fourth-order valence-corrected chi connectivity index (χ4v) is 0.635. The van der Waals surface area contributed by atoms with Gasteiger partial charge in [0, 0.05) is 0 Å². The average Bonchev–Trinajstić information content (AvgIpc) is 2.09. The number of halogens is 5. The van der Waals surface area contributed by atoms with Crippen LogP contribution in [0.15, 0.2) is 12.2 Å². The van der Waals surface area contributed by atoms with Gasteiger partial charge in [0.15, 0.2) is 6.61 Å². The number of esters is 1. The standard InChI is InChI=1S/C6H5F5O5S/c1-3(6(9,10)11)4(12)16-2-5(7,8)17(13,14)15/h1-2H2,(H,13,14,15). The molecular weight excluding hydrogens is 279 g/mol. The molecule has 0 aromatic heterocycles. The first kappa shape index (κ1) is 15.8. The molecule has 0 unspecified atom stereocenters. The summed E-state index contributed by atoms with van der Waals surface area (Å²) in [7, 11) is -5.88. The number of carbonyl (C=O) groups is 1. The molecule has 0 saturated carbocycles. The highest BCUT2D eigenvalue weighted by molar-refractivity contribution is 7.86. The van der Waals surface area contributed by atoms with Crippen LogP contribution in [-0.2, 0) is 19.6 Å². The van der Waals surface area contributed by atoms with Gasteiger partial charge >= 0.3 is 27.5 Å². The van der Waals surface area contributed by atoms with Crippen LogP contribution < -0.4 is 0 Å². The van der Waals surface area contributed by atoms with Crippen molar-refractivity contribution in [2.75, 3.05) is 6.61 Å². The van der Waals surface area contributed by atoms with E-state index in [1.54, 1.807) is 0 Å². The maximum absolute atomic E-state index is 12.4. The van der Waals surface area contributed by atoms with Crippen molar-refractivity contribution in [3.63, 3.8) is 0 Å². The Hall–Kier alpha value is -1.23. The van der Waals surface area contributed by atoms with E-state index in [2.05, 4.69) is 11.3 Å². The zero-order valence-corrected chi connectivity index (χ0v) is 8.61. The second kappa shape index (κ2) is 4.56. The summed E-state index contributed by atoms with van der Waals surface area (Å²) < 4.78 is 91.6. The van der Waals surface area contributed by atoms with Gasteiger partial charge in [0.05, 0.1) is 0 Å². The van der Waals surface area contributed by atoms with E-state index in [0.29, 0.717) is 0 Å². The van der Waals surface area contributed by atoms with Gasteiger partial charge < -0.3 is 4.74 Å². The van der Waals surface area contributed by atoms with Gasteiger partial charge in [-0.25, -0.2) is 4.79 Å². The third kappa shape index (κ3) is 4.26. The zero-order valence-electron chi connectivity index (χ0n) is 7.79. The van der Waals surface area contributed by atoms with E-state index in [4.69, 9.17) is 4.55 Å². The summed E-state index contributed by atoms with van der Waals surface area (Å²) in [5.41, 5.74) is -2.08. The molecule has 100 valence electrons. The SMILES string of the molecule is C=C(C(=O)OCC(F)(F)S(=O)(=O)O)C(F)(F)F. The van der Waals surface area contributed by atoms with Gasteiger partial charge in [-0.15, -0.1) is 0 Å². The molecule has 0 fully saturated rings. The summed E-state index contributed by atoms with van der Waals surface area (Å²) >= 11 is 0. The largest absolute Gasteiger partial charge is 0.454 e. The van der Waals surface area contributed by atoms with Crippen molar-refractivity contribution in [2.24, 2.45) is 0 Å². The maximum atomic E-state index is 12.4. The molecule has 1 N–H and O–H groups in total. The van der Waals surface area contributed by atoms with Crippen molar-refractivity contribution < 1.29 is 44.5 Å². The van der Waals surface area contributed by atoms with Crippen LogP contribution in [-0.4, -0.2) is 37.0 Å². The van der Waals surface area contributed by atoms with Crippen LogP contribution in [0, 0.1) is 0 Å². The summed E-state index contributed by atoms with van der Waals surface area (Å²) in [6.07, 6.45) is -5.19. The Morgan fingerprint density at radius 2 is 1.65 bits per heavy atom. The van der Waals surface area contributed by atoms with E-state index in [-0.39, 0.29) is 0 Å². The highest BCUT2D eigenvalue weighted by Crippen LogP contribution is 2.26. The highest BCUT2D eigenvalue weighted by atomic mass is 32.2. The predicted octanol–water partition coefficient (Wildman–Crippen LogP) is 1.13. The minimum Gasteiger partial charge on any atom is -0.454 e. The van der Waals surface area contributed by atoms with Crippen molar-refractivity contribution in [1.29, 1.82) is 0 Å². The molecule has 0 radical (unpaired) electrons. The van der Waals surface area contributed by atoms with Gasteiger partial charge in [0.2, 0.25) is 0 Å². The lowest BCUT2D eigenvalue weighted by Crippen LogP contribution is -2.35. The molecule has 0 spiro atoms. The predicted molar refractivity (Wildman–Crippen MR) is 42.6 cm³/mol. The van der Waals surface area contributed by atoms with Crippen molar-refractivity contribution in [3.8, 4) is 0 Å². The maximum Gasteiger partial charge on any atom is 0.422 e. The minimum absolute atomic E-state index is 2.08. The number of rotatable bonds is 4. The molecule has 0 bridgehead atoms. The van der Waals surface area contributed by atoms with E-state index < -0.39 is 39.7 Å². The fourth-order valence-electron chi connectivity index (χ4n) is 0.427. The molecule has 0 rings (SSSR count). The van der Waals surface area contributed by atoms with Crippen LogP contribution in [0.1, 0.15) is 0 Å². The van der Waals surface area contributed by atoms with Crippen molar-refractivity contribution in [2.45, 2.75) is 11.4 Å². The Morgan fingerprint density at radius 1 is 1.24 bits per heavy atom. The summed E-state index contributed by atoms with van der Waals surface area (Å²) in [5.74, 6) is -2.26. The van der Waals surface area contributed by atoms with Gasteiger partial charge in [0.1, 0.15) is 5.57 Å². The summed E-state index contributed by atoms with van der Waals surface area (Å²) in [6, 6.07) is 0. The zero-order chi connectivity index (χ0) is 14.1. The highest BCUT2D eigenvalue weighted by Gasteiger charge is 2.47. The second-order valence-corrected chi connectivity index (χ2v) is 4.21. The summed E-state index contributed by atoms with van der Waals surface area (Å²) in [4.78, 5) is 10.5. The van der Waals surface area contributed by atoms with Gasteiger partial charge in [-0.05, 0) is 0 Å². The molecule has 0 aromatic rings. The molecule has 0 atom stereocenters. The van der Waals surface area contributed by atoms with Crippen LogP contribution in [0.4, 0.5) is 22.0 Å². The topological polar surface area (TPSA) is 80.7 Å². The third-order valence-corrected chi connectivity index (χ3v) is 2.21. The van der Waals surface area contributed by atoms with Crippen LogP contribution in [0.3, 0.4) is 0 Å². The lowest BCUT2D eigenvalue weighted by atomic mass is 10.3. The molecule has 11 heteroatoms. The molecule has 0 saturated heterocycles. The van der Waals surface area contributed by atoms with Crippen LogP contribution in [0.2, 0.25) is 0 Å². The number of hydrogen-bond donors (Lipinski definition) is 1. The van der Waals surface area contributed by atoms with Crippen LogP contribution in [0.5, 0.6) is 0 Å². The first-order chi connectivity index (χ1) is 7.29. The number of alkyl halides is 5. The molecular formula is C6H5F5O5S. The molecule has 5 nitrogen and oxygen atoms in total. The smallest absolute Gasteiger partial charge is 0.422 e. The summed E-state index contributed by atoms with van der Waals surface area (Å²) in [6.45, 7) is -0.0179. The third-order valence-electron chi connectivity index (χ3n) is 1.34. The van der Waals surface area contributed by atoms with E-state index >= 15 is 0 Å². The van der Waals surface area contributed by atoms with Crippen molar-refractivity contribution in [3.05, 3.63) is 12.2 Å². The van der Waals surface area contributed by atoms with Crippen molar-refractivity contribution in [1.82, 2.24) is 0 Å². The van der Waals surface area contributed by atoms with Gasteiger partial charge in [-0.3, -0.25) is 4.55 Å². The monoisotopic (exact) mass is 284 g/mol. The van der Waals surface area contributed by atoms with Crippen LogP contribution >= 0.6 is 0 Å². The molecule has 17 heavy (non-hydrogen) atoms. The lowest BCUT2D eigenvalue weighted by molar-refractivity contribution is -0.155. The number of ether oxygens (including phenoxy) is 1. The van der Waals surface area contributed by atoms with Gasteiger partial charge in [-0.1, -0.05) is 6.58 Å². The average molecular weight is 284 g/mol. The minimum atomic E-state index is -5.88. The normalized spacial score (nSPS) is 13.3. The first-order valence-corrected chi connectivity index (χ1v) is 5.01. The van der Waals surface area contributed by atoms with E-state index in [9.17, 15) is 35.2 Å². The molecule has 0 aliphatic heterocycles. The Balaban J connectivity index is 4.63. The Morgan fingerprint density at radius 3 is 1.94 bits per heavy atom. The molecule has 0 aliphatic carbocycles. The first-order valence-electron chi connectivity index (χ1n) is 3.57. The van der Waals surface area contributed by atoms with Gasteiger partial charge in [-0.2, -0.15) is 30.4 Å². The quantitative estimate of drug-likeness (QED) is 0.362. The molecule has 0 heterocycles. The second-order valence-electron chi connectivity index (χ2n) is 2.66.